The van der Waals surface area contributed by atoms with Crippen LogP contribution in [0.2, 0.25) is 0 Å². The third-order valence-electron chi connectivity index (χ3n) is 3.65. The largest absolute Gasteiger partial charge is 0.508 e. The molecule has 11 heteroatoms. The van der Waals surface area contributed by atoms with Crippen molar-refractivity contribution < 1.29 is 34.5 Å². The van der Waals surface area contributed by atoms with Gasteiger partial charge >= 0.3 is 5.97 Å². The summed E-state index contributed by atoms with van der Waals surface area (Å²) in [5, 5.41) is 34.0. The molecule has 0 bridgehead atoms. The van der Waals surface area contributed by atoms with E-state index in [1.54, 1.807) is 12.1 Å². The molecule has 0 heterocycles. The van der Waals surface area contributed by atoms with E-state index in [0.717, 1.165) is 0 Å². The summed E-state index contributed by atoms with van der Waals surface area (Å²) in [6.45, 7) is -0.0192. The average molecular weight is 396 g/mol. The maximum absolute atomic E-state index is 12.6. The van der Waals surface area contributed by atoms with Crippen LogP contribution in [0.15, 0.2) is 24.3 Å². The number of carboxylic acids is 1. The summed E-state index contributed by atoms with van der Waals surface area (Å²) in [7, 11) is 0. The van der Waals surface area contributed by atoms with Crippen LogP contribution in [0.4, 0.5) is 0 Å². The summed E-state index contributed by atoms with van der Waals surface area (Å²) in [6, 6.07) is 2.52. The number of aliphatic hydroxyl groups is 1. The molecule has 0 spiro atoms. The Balaban J connectivity index is 2.89. The van der Waals surface area contributed by atoms with Crippen molar-refractivity contribution in [3.8, 4) is 5.75 Å². The quantitative estimate of drug-likeness (QED) is 0.225. The highest BCUT2D eigenvalue weighted by Crippen LogP contribution is 2.11. The number of aliphatic carboxylic acids is 1. The van der Waals surface area contributed by atoms with Crippen LogP contribution in [0.5, 0.6) is 5.75 Å². The van der Waals surface area contributed by atoms with Crippen LogP contribution in [-0.4, -0.2) is 70.3 Å². The predicted octanol–water partition coefficient (Wildman–Crippen LogP) is -2.56. The summed E-state index contributed by atoms with van der Waals surface area (Å²) < 4.78 is 0. The van der Waals surface area contributed by atoms with E-state index in [1.165, 1.54) is 19.1 Å². The number of phenolic OH excluding ortho intramolecular Hbond substituents is 1. The number of amides is 3. The molecule has 1 rings (SSSR count). The molecule has 11 nitrogen and oxygen atoms in total. The van der Waals surface area contributed by atoms with Crippen molar-refractivity contribution in [1.82, 2.24) is 16.0 Å². The second kappa shape index (κ2) is 10.8. The standard InChI is InChI=1S/C17H24N4O7/c1-9(18)15(26)20-12(6-10-2-4-11(23)5-3-10)17(28)21-13(8-22)16(27)19-7-14(24)25/h2-5,9,12-13,22-23H,6-8,18H2,1H3,(H,19,27)(H,20,26)(H,21,28)(H,24,25). The summed E-state index contributed by atoms with van der Waals surface area (Å²) in [4.78, 5) is 46.9. The van der Waals surface area contributed by atoms with Gasteiger partial charge in [-0.25, -0.2) is 0 Å². The lowest BCUT2D eigenvalue weighted by Gasteiger charge is -2.22. The van der Waals surface area contributed by atoms with Crippen LogP contribution in [0, 0.1) is 0 Å². The minimum atomic E-state index is -1.40. The van der Waals surface area contributed by atoms with E-state index in [0.29, 0.717) is 5.56 Å². The normalized spacial score (nSPS) is 13.7. The molecule has 3 amide bonds. The van der Waals surface area contributed by atoms with Crippen molar-refractivity contribution in [3.63, 3.8) is 0 Å². The molecular weight excluding hydrogens is 372 g/mol. The lowest BCUT2D eigenvalue weighted by Crippen LogP contribution is -2.57. The van der Waals surface area contributed by atoms with Gasteiger partial charge < -0.3 is 37.0 Å². The lowest BCUT2D eigenvalue weighted by molar-refractivity contribution is -0.138. The van der Waals surface area contributed by atoms with E-state index < -0.39 is 55.0 Å². The number of carbonyl (C=O) groups is 4. The first-order valence-corrected chi connectivity index (χ1v) is 8.38. The van der Waals surface area contributed by atoms with E-state index in [2.05, 4.69) is 10.6 Å². The topological polar surface area (TPSA) is 191 Å². The van der Waals surface area contributed by atoms with Crippen LogP contribution in [0.3, 0.4) is 0 Å². The van der Waals surface area contributed by atoms with Gasteiger partial charge in [-0.1, -0.05) is 12.1 Å². The van der Waals surface area contributed by atoms with Crippen molar-refractivity contribution in [2.75, 3.05) is 13.2 Å². The molecule has 0 aliphatic carbocycles. The molecule has 0 saturated heterocycles. The first kappa shape index (κ1) is 22.9. The van der Waals surface area contributed by atoms with Gasteiger partial charge in [-0.05, 0) is 24.6 Å². The molecule has 3 atom stereocenters. The van der Waals surface area contributed by atoms with E-state index in [9.17, 15) is 29.4 Å². The first-order valence-electron chi connectivity index (χ1n) is 8.38. The summed E-state index contributed by atoms with van der Waals surface area (Å²) in [5.74, 6) is -3.52. The zero-order valence-electron chi connectivity index (χ0n) is 15.2. The molecule has 0 saturated carbocycles. The number of nitrogens with one attached hydrogen (secondary N) is 3. The number of carbonyl (C=O) groups excluding carboxylic acids is 3. The highest BCUT2D eigenvalue weighted by Gasteiger charge is 2.27. The molecule has 154 valence electrons. The van der Waals surface area contributed by atoms with Gasteiger partial charge in [0.25, 0.3) is 0 Å². The van der Waals surface area contributed by atoms with Crippen molar-refractivity contribution in [2.45, 2.75) is 31.5 Å². The number of benzene rings is 1. The van der Waals surface area contributed by atoms with Gasteiger partial charge in [0.1, 0.15) is 24.4 Å². The van der Waals surface area contributed by atoms with E-state index in [-0.39, 0.29) is 12.2 Å². The Morgan fingerprint density at radius 1 is 1.00 bits per heavy atom. The lowest BCUT2D eigenvalue weighted by atomic mass is 10.0. The Morgan fingerprint density at radius 3 is 2.07 bits per heavy atom. The zero-order valence-corrected chi connectivity index (χ0v) is 15.2. The highest BCUT2D eigenvalue weighted by molar-refractivity contribution is 5.93. The molecule has 0 aromatic heterocycles. The molecule has 0 aliphatic heterocycles. The van der Waals surface area contributed by atoms with Crippen molar-refractivity contribution in [2.24, 2.45) is 5.73 Å². The second-order valence-electron chi connectivity index (χ2n) is 6.08. The number of aliphatic hydroxyl groups excluding tert-OH is 1. The number of carboxylic acid groups (broad SMARTS) is 1. The molecule has 0 radical (unpaired) electrons. The van der Waals surface area contributed by atoms with Gasteiger partial charge in [-0.3, -0.25) is 19.2 Å². The fourth-order valence-electron chi connectivity index (χ4n) is 2.13. The molecule has 28 heavy (non-hydrogen) atoms. The van der Waals surface area contributed by atoms with E-state index in [1.807, 2.05) is 5.32 Å². The van der Waals surface area contributed by atoms with Gasteiger partial charge in [-0.2, -0.15) is 0 Å². The van der Waals surface area contributed by atoms with Gasteiger partial charge in [-0.15, -0.1) is 0 Å². The summed E-state index contributed by atoms with van der Waals surface area (Å²) in [6.07, 6.45) is 0.0272. The van der Waals surface area contributed by atoms with Crippen molar-refractivity contribution in [3.05, 3.63) is 29.8 Å². The van der Waals surface area contributed by atoms with Gasteiger partial charge in [0, 0.05) is 6.42 Å². The van der Waals surface area contributed by atoms with Gasteiger partial charge in [0.15, 0.2) is 0 Å². The Hall–Kier alpha value is -3.18. The number of aromatic hydroxyl groups is 1. The molecule has 8 N–H and O–H groups in total. The van der Waals surface area contributed by atoms with Crippen LogP contribution < -0.4 is 21.7 Å². The number of hydrogen-bond donors (Lipinski definition) is 7. The number of phenols is 1. The number of hydrogen-bond acceptors (Lipinski definition) is 7. The minimum absolute atomic E-state index is 0.0272. The van der Waals surface area contributed by atoms with Gasteiger partial charge in [0.05, 0.1) is 12.6 Å². The Kier molecular flexibility index (Phi) is 8.85. The van der Waals surface area contributed by atoms with Gasteiger partial charge in [0.2, 0.25) is 17.7 Å². The Morgan fingerprint density at radius 2 is 1.57 bits per heavy atom. The second-order valence-corrected chi connectivity index (χ2v) is 6.08. The van der Waals surface area contributed by atoms with Crippen LogP contribution in [0.1, 0.15) is 12.5 Å². The number of nitrogens with two attached hydrogens (primary N) is 1. The molecule has 0 aliphatic rings. The zero-order chi connectivity index (χ0) is 21.3. The smallest absolute Gasteiger partial charge is 0.322 e. The fraction of sp³-hybridized carbons (Fsp3) is 0.412. The summed E-state index contributed by atoms with van der Waals surface area (Å²) in [5.41, 5.74) is 6.11. The predicted molar refractivity (Wildman–Crippen MR) is 97.1 cm³/mol. The SMILES string of the molecule is CC(N)C(=O)NC(Cc1ccc(O)cc1)C(=O)NC(CO)C(=O)NCC(=O)O. The molecule has 1 aromatic carbocycles. The Bertz CT molecular complexity index is 706. The highest BCUT2D eigenvalue weighted by atomic mass is 16.4. The van der Waals surface area contributed by atoms with Crippen LogP contribution >= 0.6 is 0 Å². The minimum Gasteiger partial charge on any atom is -0.508 e. The van der Waals surface area contributed by atoms with Crippen LogP contribution in [0.25, 0.3) is 0 Å². The number of rotatable bonds is 10. The van der Waals surface area contributed by atoms with E-state index >= 15 is 0 Å². The molecular formula is C17H24N4O7. The first-order chi connectivity index (χ1) is 13.1. The van der Waals surface area contributed by atoms with E-state index in [4.69, 9.17) is 10.8 Å². The van der Waals surface area contributed by atoms with Crippen molar-refractivity contribution >= 4 is 23.7 Å². The Labute approximate surface area is 160 Å². The van der Waals surface area contributed by atoms with Crippen molar-refractivity contribution in [1.29, 1.82) is 0 Å². The third-order valence-corrected chi connectivity index (χ3v) is 3.65. The molecule has 1 aromatic rings. The molecule has 3 unspecified atom stereocenters. The monoisotopic (exact) mass is 396 g/mol. The average Bonchev–Trinajstić information content (AvgIpc) is 2.64. The third kappa shape index (κ3) is 7.60. The molecule has 0 fully saturated rings. The summed E-state index contributed by atoms with van der Waals surface area (Å²) >= 11 is 0. The maximum Gasteiger partial charge on any atom is 0.322 e. The maximum atomic E-state index is 12.6. The van der Waals surface area contributed by atoms with Crippen LogP contribution in [-0.2, 0) is 25.6 Å². The fourth-order valence-corrected chi connectivity index (χ4v) is 2.13.